The minimum atomic E-state index is 0.118. The third-order valence-electron chi connectivity index (χ3n) is 5.00. The van der Waals surface area contributed by atoms with E-state index in [9.17, 15) is 4.79 Å². The van der Waals surface area contributed by atoms with Crippen molar-refractivity contribution >= 4 is 23.2 Å². The molecular formula is C19H31N5O2S. The summed E-state index contributed by atoms with van der Waals surface area (Å²) in [5.41, 5.74) is 0. The van der Waals surface area contributed by atoms with Gasteiger partial charge in [-0.2, -0.15) is 0 Å². The summed E-state index contributed by atoms with van der Waals surface area (Å²) in [6.45, 7) is 8.94. The first kappa shape index (κ1) is 20.1. The van der Waals surface area contributed by atoms with E-state index < -0.39 is 0 Å². The van der Waals surface area contributed by atoms with Crippen molar-refractivity contribution in [2.45, 2.75) is 25.8 Å². The van der Waals surface area contributed by atoms with Crippen molar-refractivity contribution in [2.75, 3.05) is 59.0 Å². The molecule has 0 bridgehead atoms. The summed E-state index contributed by atoms with van der Waals surface area (Å²) in [6, 6.07) is 4.57. The molecule has 2 aliphatic heterocycles. The number of morpholine rings is 1. The number of rotatable bonds is 7. The van der Waals surface area contributed by atoms with Gasteiger partial charge in [0, 0.05) is 44.1 Å². The van der Waals surface area contributed by atoms with E-state index in [1.165, 1.54) is 4.88 Å². The van der Waals surface area contributed by atoms with Crippen LogP contribution in [0.1, 0.15) is 30.7 Å². The highest BCUT2D eigenvalue weighted by molar-refractivity contribution is 7.10. The zero-order valence-corrected chi connectivity index (χ0v) is 17.0. The summed E-state index contributed by atoms with van der Waals surface area (Å²) in [7, 11) is 0. The van der Waals surface area contributed by atoms with E-state index in [1.807, 2.05) is 11.8 Å². The number of amides is 1. The Morgan fingerprint density at radius 3 is 2.70 bits per heavy atom. The maximum Gasteiger partial charge on any atom is 0.244 e. The number of nitrogens with zero attached hydrogens (tertiary/aromatic N) is 3. The Bertz CT molecular complexity index is 595. The van der Waals surface area contributed by atoms with Crippen molar-refractivity contribution < 1.29 is 9.53 Å². The lowest BCUT2D eigenvalue weighted by Gasteiger charge is -2.34. The minimum Gasteiger partial charge on any atom is -0.379 e. The molecule has 1 unspecified atom stereocenters. The molecule has 0 aromatic carbocycles. The highest BCUT2D eigenvalue weighted by atomic mass is 32.1. The van der Waals surface area contributed by atoms with E-state index >= 15 is 0 Å². The van der Waals surface area contributed by atoms with Crippen molar-refractivity contribution in [3.8, 4) is 0 Å². The number of hydrogen-bond acceptors (Lipinski definition) is 5. The van der Waals surface area contributed by atoms with Gasteiger partial charge in [-0.1, -0.05) is 6.07 Å². The molecular weight excluding hydrogens is 362 g/mol. The highest BCUT2D eigenvalue weighted by Gasteiger charge is 2.24. The summed E-state index contributed by atoms with van der Waals surface area (Å²) >= 11 is 1.78. The first-order valence-electron chi connectivity index (χ1n) is 9.93. The topological polar surface area (TPSA) is 69.2 Å². The predicted octanol–water partition coefficient (Wildman–Crippen LogP) is 1.30. The molecule has 1 aromatic rings. The van der Waals surface area contributed by atoms with Crippen LogP contribution in [0, 0.1) is 0 Å². The van der Waals surface area contributed by atoms with Gasteiger partial charge in [-0.3, -0.25) is 9.69 Å². The zero-order valence-electron chi connectivity index (χ0n) is 16.2. The number of guanidine groups is 1. The third-order valence-corrected chi connectivity index (χ3v) is 5.97. The Morgan fingerprint density at radius 1 is 1.26 bits per heavy atom. The van der Waals surface area contributed by atoms with Crippen molar-refractivity contribution in [1.29, 1.82) is 0 Å². The normalized spacial score (nSPS) is 19.9. The molecule has 2 aliphatic rings. The van der Waals surface area contributed by atoms with Crippen LogP contribution in [0.25, 0.3) is 0 Å². The number of hydrogen-bond donors (Lipinski definition) is 2. The Balaban J connectivity index is 1.59. The number of thiophene rings is 1. The first-order valence-corrected chi connectivity index (χ1v) is 10.8. The Morgan fingerprint density at radius 2 is 2.04 bits per heavy atom. The maximum absolute atomic E-state index is 12.3. The van der Waals surface area contributed by atoms with Gasteiger partial charge in [-0.15, -0.1) is 11.3 Å². The second kappa shape index (κ2) is 10.6. The third kappa shape index (κ3) is 5.92. The summed E-state index contributed by atoms with van der Waals surface area (Å²) in [4.78, 5) is 22.5. The lowest BCUT2D eigenvalue weighted by Crippen LogP contribution is -2.46. The van der Waals surface area contributed by atoms with E-state index in [0.29, 0.717) is 5.96 Å². The molecule has 0 aliphatic carbocycles. The van der Waals surface area contributed by atoms with E-state index in [2.05, 4.69) is 38.0 Å². The van der Waals surface area contributed by atoms with Gasteiger partial charge in [0.05, 0.1) is 19.3 Å². The van der Waals surface area contributed by atoms with Crippen LogP contribution < -0.4 is 10.6 Å². The lowest BCUT2D eigenvalue weighted by molar-refractivity contribution is -0.128. The number of carbonyl (C=O) groups excluding carboxylic acids is 1. The molecule has 1 atom stereocenters. The molecule has 1 amide bonds. The van der Waals surface area contributed by atoms with Crippen LogP contribution in [0.5, 0.6) is 0 Å². The number of carbonyl (C=O) groups is 1. The minimum absolute atomic E-state index is 0.118. The molecule has 1 aromatic heterocycles. The van der Waals surface area contributed by atoms with Gasteiger partial charge in [0.25, 0.3) is 0 Å². The monoisotopic (exact) mass is 393 g/mol. The van der Waals surface area contributed by atoms with Crippen molar-refractivity contribution in [3.05, 3.63) is 22.4 Å². The van der Waals surface area contributed by atoms with E-state index in [1.54, 1.807) is 11.3 Å². The van der Waals surface area contributed by atoms with Gasteiger partial charge in [0.15, 0.2) is 5.96 Å². The van der Waals surface area contributed by atoms with Crippen LogP contribution >= 0.6 is 11.3 Å². The van der Waals surface area contributed by atoms with Gasteiger partial charge in [0.2, 0.25) is 5.91 Å². The number of nitrogens with one attached hydrogen (secondary N) is 2. The number of likely N-dealkylation sites (tertiary alicyclic amines) is 1. The van der Waals surface area contributed by atoms with Crippen molar-refractivity contribution in [1.82, 2.24) is 20.4 Å². The van der Waals surface area contributed by atoms with E-state index in [4.69, 9.17) is 4.74 Å². The molecule has 2 N–H and O–H groups in total. The quantitative estimate of drug-likeness (QED) is 0.540. The molecule has 7 nitrogen and oxygen atoms in total. The average Bonchev–Trinajstić information content (AvgIpc) is 3.41. The lowest BCUT2D eigenvalue weighted by atomic mass is 10.2. The molecule has 0 saturated carbocycles. The van der Waals surface area contributed by atoms with Gasteiger partial charge in [-0.25, -0.2) is 4.99 Å². The molecule has 2 saturated heterocycles. The molecule has 8 heteroatoms. The van der Waals surface area contributed by atoms with Crippen LogP contribution in [0.2, 0.25) is 0 Å². The zero-order chi connectivity index (χ0) is 18.9. The summed E-state index contributed by atoms with van der Waals surface area (Å²) in [6.07, 6.45) is 2.21. The standard InChI is InChI=1S/C19H31N5O2S/c1-2-20-19(22-15-18(25)24-7-3-4-8-24)21-14-16(17-6-5-13-27-17)23-9-11-26-12-10-23/h5-6,13,16H,2-4,7-12,14-15H2,1H3,(H2,20,21,22). The molecule has 150 valence electrons. The van der Waals surface area contributed by atoms with Crippen LogP contribution in [0.4, 0.5) is 0 Å². The second-order valence-corrected chi connectivity index (χ2v) is 7.82. The van der Waals surface area contributed by atoms with Crippen LogP contribution in [0.15, 0.2) is 22.5 Å². The SMILES string of the molecule is CCNC(=NCC(=O)N1CCCC1)NCC(c1cccs1)N1CCOCC1. The van der Waals surface area contributed by atoms with Crippen LogP contribution in [-0.2, 0) is 9.53 Å². The molecule has 0 radical (unpaired) electrons. The molecule has 0 spiro atoms. The average molecular weight is 394 g/mol. The molecule has 3 rings (SSSR count). The molecule has 2 fully saturated rings. The maximum atomic E-state index is 12.3. The fourth-order valence-electron chi connectivity index (χ4n) is 3.53. The van der Waals surface area contributed by atoms with Crippen molar-refractivity contribution in [2.24, 2.45) is 4.99 Å². The molecule has 3 heterocycles. The highest BCUT2D eigenvalue weighted by Crippen LogP contribution is 2.25. The number of aliphatic imine (C=N–C) groups is 1. The van der Waals surface area contributed by atoms with E-state index in [-0.39, 0.29) is 18.5 Å². The first-order chi connectivity index (χ1) is 13.3. The van der Waals surface area contributed by atoms with Crippen LogP contribution in [-0.4, -0.2) is 80.7 Å². The molecule has 27 heavy (non-hydrogen) atoms. The van der Waals surface area contributed by atoms with Gasteiger partial charge >= 0.3 is 0 Å². The summed E-state index contributed by atoms with van der Waals surface area (Å²) in [5.74, 6) is 0.826. The summed E-state index contributed by atoms with van der Waals surface area (Å²) < 4.78 is 5.51. The van der Waals surface area contributed by atoms with Gasteiger partial charge in [0.1, 0.15) is 6.54 Å². The van der Waals surface area contributed by atoms with Crippen molar-refractivity contribution in [3.63, 3.8) is 0 Å². The van der Waals surface area contributed by atoms with Gasteiger partial charge < -0.3 is 20.3 Å². The summed E-state index contributed by atoms with van der Waals surface area (Å²) in [5, 5.41) is 8.83. The van der Waals surface area contributed by atoms with E-state index in [0.717, 1.165) is 65.3 Å². The fourth-order valence-corrected chi connectivity index (χ4v) is 4.39. The fraction of sp³-hybridized carbons (Fsp3) is 0.684. The Hall–Kier alpha value is -1.64. The number of ether oxygens (including phenoxy) is 1. The smallest absolute Gasteiger partial charge is 0.244 e. The largest absolute Gasteiger partial charge is 0.379 e. The van der Waals surface area contributed by atoms with Gasteiger partial charge in [-0.05, 0) is 31.2 Å². The Labute approximate surface area is 165 Å². The second-order valence-electron chi connectivity index (χ2n) is 6.84. The Kier molecular flexibility index (Phi) is 7.92. The van der Waals surface area contributed by atoms with Crippen LogP contribution in [0.3, 0.4) is 0 Å². The predicted molar refractivity (Wildman–Crippen MR) is 109 cm³/mol.